The quantitative estimate of drug-likeness (QED) is 0.466. The van der Waals surface area contributed by atoms with Crippen LogP contribution in [0, 0.1) is 0 Å². The molecule has 0 fully saturated rings. The molecular formula is C14H29ClN2O6. The lowest BCUT2D eigenvalue weighted by atomic mass is 10.4. The molecule has 0 aromatic rings. The van der Waals surface area contributed by atoms with Gasteiger partial charge >= 0.3 is 17.9 Å². The normalized spacial score (nSPS) is 9.13. The third-order valence-corrected chi connectivity index (χ3v) is 2.18. The van der Waals surface area contributed by atoms with Crippen LogP contribution in [0.1, 0.15) is 27.2 Å². The molecule has 0 spiro atoms. The highest BCUT2D eigenvalue weighted by Gasteiger charge is 2.09. The van der Waals surface area contributed by atoms with Gasteiger partial charge in [0.2, 0.25) is 0 Å². The van der Waals surface area contributed by atoms with Crippen molar-refractivity contribution in [3.8, 4) is 0 Å². The highest BCUT2D eigenvalue weighted by Crippen LogP contribution is 1.92. The van der Waals surface area contributed by atoms with E-state index in [1.807, 2.05) is 0 Å². The van der Waals surface area contributed by atoms with Gasteiger partial charge in [0, 0.05) is 6.54 Å². The number of nitrogens with two attached hydrogens (primary N) is 1. The van der Waals surface area contributed by atoms with Crippen LogP contribution in [-0.4, -0.2) is 69.3 Å². The molecule has 0 saturated heterocycles. The van der Waals surface area contributed by atoms with Gasteiger partial charge in [0.05, 0.1) is 39.3 Å². The minimum Gasteiger partial charge on any atom is -0.466 e. The highest BCUT2D eigenvalue weighted by atomic mass is 35.5. The summed E-state index contributed by atoms with van der Waals surface area (Å²) in [7, 11) is 1.76. The van der Waals surface area contributed by atoms with E-state index in [4.69, 9.17) is 15.2 Å². The second-order valence-corrected chi connectivity index (χ2v) is 4.11. The standard InChI is InChI=1S/C10H19NO4.C4H9NO2.ClH/c1-4-14-9(12)6-7-11(3)8-10(13)15-5-2;1-2-7-4(6)3-5;/h4-8H2,1-3H3;2-3,5H2,1H3;1H. The monoisotopic (exact) mass is 356 g/mol. The van der Waals surface area contributed by atoms with Gasteiger partial charge in [-0.05, 0) is 27.8 Å². The maximum atomic E-state index is 11.0. The van der Waals surface area contributed by atoms with Gasteiger partial charge in [0.1, 0.15) is 0 Å². The molecule has 0 amide bonds. The van der Waals surface area contributed by atoms with Crippen LogP contribution in [0.25, 0.3) is 0 Å². The average Bonchev–Trinajstić information content (AvgIpc) is 2.46. The van der Waals surface area contributed by atoms with Gasteiger partial charge in [-0.15, -0.1) is 12.4 Å². The molecule has 8 nitrogen and oxygen atoms in total. The Morgan fingerprint density at radius 2 is 1.30 bits per heavy atom. The van der Waals surface area contributed by atoms with E-state index in [1.165, 1.54) is 0 Å². The average molecular weight is 357 g/mol. The summed E-state index contributed by atoms with van der Waals surface area (Å²) >= 11 is 0. The number of carbonyl (C=O) groups excluding carboxylic acids is 3. The molecule has 0 unspecified atom stereocenters. The minimum atomic E-state index is -0.345. The summed E-state index contributed by atoms with van der Waals surface area (Å²) in [5.41, 5.74) is 4.88. The predicted molar refractivity (Wildman–Crippen MR) is 88.3 cm³/mol. The molecule has 0 aliphatic carbocycles. The second kappa shape index (κ2) is 18.7. The molecule has 0 aliphatic heterocycles. The first-order valence-corrected chi connectivity index (χ1v) is 7.26. The fourth-order valence-corrected chi connectivity index (χ4v) is 1.24. The predicted octanol–water partition coefficient (Wildman–Crippen LogP) is 0.365. The van der Waals surface area contributed by atoms with Gasteiger partial charge in [-0.25, -0.2) is 0 Å². The van der Waals surface area contributed by atoms with Gasteiger partial charge < -0.3 is 19.9 Å². The van der Waals surface area contributed by atoms with Crippen molar-refractivity contribution in [3.63, 3.8) is 0 Å². The summed E-state index contributed by atoms with van der Waals surface area (Å²) in [6.45, 7) is 7.13. The molecule has 23 heavy (non-hydrogen) atoms. The third-order valence-electron chi connectivity index (χ3n) is 2.18. The van der Waals surface area contributed by atoms with Crippen LogP contribution in [0.2, 0.25) is 0 Å². The van der Waals surface area contributed by atoms with E-state index in [1.54, 1.807) is 32.7 Å². The van der Waals surface area contributed by atoms with E-state index in [2.05, 4.69) is 4.74 Å². The van der Waals surface area contributed by atoms with Crippen molar-refractivity contribution < 1.29 is 28.6 Å². The van der Waals surface area contributed by atoms with Crippen LogP contribution >= 0.6 is 12.4 Å². The van der Waals surface area contributed by atoms with Gasteiger partial charge in [0.25, 0.3) is 0 Å². The highest BCUT2D eigenvalue weighted by molar-refractivity contribution is 5.85. The van der Waals surface area contributed by atoms with Crippen LogP contribution in [0.15, 0.2) is 0 Å². The molecule has 0 rings (SSSR count). The Labute approximate surface area is 144 Å². The van der Waals surface area contributed by atoms with Crippen molar-refractivity contribution >= 4 is 30.3 Å². The topological polar surface area (TPSA) is 108 Å². The number of rotatable bonds is 9. The number of ether oxygens (including phenoxy) is 3. The van der Waals surface area contributed by atoms with Crippen molar-refractivity contribution in [2.75, 3.05) is 46.5 Å². The molecule has 0 bridgehead atoms. The Balaban J connectivity index is -0.000000425. The molecule has 0 heterocycles. The number of hydrogen-bond acceptors (Lipinski definition) is 8. The second-order valence-electron chi connectivity index (χ2n) is 4.11. The van der Waals surface area contributed by atoms with Gasteiger partial charge in [-0.3, -0.25) is 19.3 Å². The van der Waals surface area contributed by atoms with Crippen molar-refractivity contribution in [3.05, 3.63) is 0 Å². The van der Waals surface area contributed by atoms with E-state index in [0.717, 1.165) is 0 Å². The summed E-state index contributed by atoms with van der Waals surface area (Å²) in [5, 5.41) is 0. The zero-order valence-electron chi connectivity index (χ0n) is 14.3. The maximum Gasteiger partial charge on any atom is 0.320 e. The molecule has 138 valence electrons. The Morgan fingerprint density at radius 1 is 0.870 bits per heavy atom. The Hall–Kier alpha value is -1.38. The fourth-order valence-electron chi connectivity index (χ4n) is 1.24. The summed E-state index contributed by atoms with van der Waals surface area (Å²) < 4.78 is 14.0. The number of carbonyl (C=O) groups is 3. The molecule has 0 aromatic carbocycles. The van der Waals surface area contributed by atoms with Crippen molar-refractivity contribution in [1.82, 2.24) is 4.90 Å². The van der Waals surface area contributed by atoms with E-state index in [9.17, 15) is 14.4 Å². The number of likely N-dealkylation sites (N-methyl/N-ethyl adjacent to an activating group) is 1. The van der Waals surface area contributed by atoms with E-state index in [0.29, 0.717) is 32.8 Å². The lowest BCUT2D eigenvalue weighted by Gasteiger charge is -2.14. The first-order valence-electron chi connectivity index (χ1n) is 7.26. The van der Waals surface area contributed by atoms with Crippen molar-refractivity contribution in [1.29, 1.82) is 0 Å². The SMILES string of the molecule is CCOC(=O)CCN(C)CC(=O)OCC.CCOC(=O)CN.Cl. The summed E-state index contributed by atoms with van der Waals surface area (Å²) in [6.07, 6.45) is 0.295. The van der Waals surface area contributed by atoms with Gasteiger partial charge in [-0.2, -0.15) is 0 Å². The summed E-state index contributed by atoms with van der Waals surface area (Å²) in [4.78, 5) is 33.8. The molecule has 0 radical (unpaired) electrons. The van der Waals surface area contributed by atoms with Crippen LogP contribution in [0.5, 0.6) is 0 Å². The molecule has 0 aromatic heterocycles. The van der Waals surface area contributed by atoms with Crippen LogP contribution in [0.3, 0.4) is 0 Å². The first kappa shape index (κ1) is 26.5. The minimum absolute atomic E-state index is 0. The van der Waals surface area contributed by atoms with E-state index < -0.39 is 0 Å². The molecule has 0 atom stereocenters. The molecule has 0 aliphatic rings. The molecule has 9 heteroatoms. The van der Waals surface area contributed by atoms with Crippen molar-refractivity contribution in [2.45, 2.75) is 27.2 Å². The van der Waals surface area contributed by atoms with Crippen LogP contribution in [0.4, 0.5) is 0 Å². The zero-order valence-corrected chi connectivity index (χ0v) is 15.1. The Bertz CT molecular complexity index is 328. The molecular weight excluding hydrogens is 328 g/mol. The van der Waals surface area contributed by atoms with E-state index in [-0.39, 0.29) is 43.4 Å². The molecule has 0 saturated carbocycles. The maximum absolute atomic E-state index is 11.0. The summed E-state index contributed by atoms with van der Waals surface area (Å²) in [5.74, 6) is -0.862. The first-order chi connectivity index (χ1) is 10.4. The Kier molecular flexibility index (Phi) is 21.5. The zero-order chi connectivity index (χ0) is 17.4. The number of hydrogen-bond donors (Lipinski definition) is 1. The van der Waals surface area contributed by atoms with E-state index >= 15 is 0 Å². The van der Waals surface area contributed by atoms with Crippen molar-refractivity contribution in [2.24, 2.45) is 5.73 Å². The number of esters is 3. The smallest absolute Gasteiger partial charge is 0.320 e. The third kappa shape index (κ3) is 20.6. The molecule has 2 N–H and O–H groups in total. The van der Waals surface area contributed by atoms with Gasteiger partial charge in [-0.1, -0.05) is 0 Å². The van der Waals surface area contributed by atoms with Crippen LogP contribution in [-0.2, 0) is 28.6 Å². The lowest BCUT2D eigenvalue weighted by Crippen LogP contribution is -2.29. The fraction of sp³-hybridized carbons (Fsp3) is 0.786. The largest absolute Gasteiger partial charge is 0.466 e. The summed E-state index contributed by atoms with van der Waals surface area (Å²) in [6, 6.07) is 0. The lowest BCUT2D eigenvalue weighted by molar-refractivity contribution is -0.146. The number of halogens is 1. The van der Waals surface area contributed by atoms with Crippen LogP contribution < -0.4 is 5.73 Å². The Morgan fingerprint density at radius 3 is 1.70 bits per heavy atom. The number of nitrogens with zero attached hydrogens (tertiary/aromatic N) is 1. The van der Waals surface area contributed by atoms with Gasteiger partial charge in [0.15, 0.2) is 0 Å².